The molecule has 1 N–H and O–H groups in total. The number of hydrogen-bond donors (Lipinski definition) is 1. The number of nitrogens with one attached hydrogen (secondary N) is 1. The zero-order valence-corrected chi connectivity index (χ0v) is 12.3. The van der Waals surface area contributed by atoms with Crippen LogP contribution < -0.4 is 5.32 Å². The minimum atomic E-state index is 0.488. The zero-order chi connectivity index (χ0) is 13.5. The van der Waals surface area contributed by atoms with E-state index in [1.54, 1.807) is 0 Å². The fraction of sp³-hybridized carbons (Fsp3) is 0.857. The molecule has 1 aromatic heterocycles. The lowest BCUT2D eigenvalue weighted by atomic mass is 10.2. The molecule has 1 aliphatic heterocycles. The molecule has 1 aromatic rings. The van der Waals surface area contributed by atoms with E-state index in [4.69, 9.17) is 0 Å². The molecule has 0 bridgehead atoms. The lowest BCUT2D eigenvalue weighted by Gasteiger charge is -2.19. The smallest absolute Gasteiger partial charge is 0.0964 e. The van der Waals surface area contributed by atoms with Crippen molar-refractivity contribution in [3.8, 4) is 0 Å². The number of likely N-dealkylation sites (tertiary alicyclic amines) is 1. The van der Waals surface area contributed by atoms with Crippen LogP contribution in [-0.4, -0.2) is 45.6 Å². The standard InChI is InChI=1S/C14H27N5/c1-13(2)15-11-14-12-19(17-16-14)10-9-18-7-5-3-4-6-8-18/h12-13,15H,3-11H2,1-2H3. The summed E-state index contributed by atoms with van der Waals surface area (Å²) in [5.41, 5.74) is 1.03. The summed E-state index contributed by atoms with van der Waals surface area (Å²) in [4.78, 5) is 2.56. The van der Waals surface area contributed by atoms with Crippen molar-refractivity contribution in [1.82, 2.24) is 25.2 Å². The highest BCUT2D eigenvalue weighted by atomic mass is 15.4. The van der Waals surface area contributed by atoms with Crippen molar-refractivity contribution >= 4 is 0 Å². The Morgan fingerprint density at radius 2 is 1.89 bits per heavy atom. The molecule has 0 saturated carbocycles. The topological polar surface area (TPSA) is 46.0 Å². The van der Waals surface area contributed by atoms with Crippen LogP contribution in [0.25, 0.3) is 0 Å². The van der Waals surface area contributed by atoms with Crippen LogP contribution in [0.1, 0.15) is 45.2 Å². The second kappa shape index (κ2) is 7.60. The van der Waals surface area contributed by atoms with Crippen LogP contribution in [0.15, 0.2) is 6.20 Å². The van der Waals surface area contributed by atoms with Gasteiger partial charge in [-0.15, -0.1) is 5.10 Å². The molecule has 1 fully saturated rings. The van der Waals surface area contributed by atoms with Crippen LogP contribution in [0.3, 0.4) is 0 Å². The zero-order valence-electron chi connectivity index (χ0n) is 12.3. The molecule has 0 aliphatic carbocycles. The number of nitrogens with zero attached hydrogens (tertiary/aromatic N) is 4. The second-order valence-corrected chi connectivity index (χ2v) is 5.76. The summed E-state index contributed by atoms with van der Waals surface area (Å²) in [5, 5.41) is 11.8. The summed E-state index contributed by atoms with van der Waals surface area (Å²) in [5.74, 6) is 0. The van der Waals surface area contributed by atoms with E-state index in [0.717, 1.165) is 25.3 Å². The van der Waals surface area contributed by atoms with E-state index in [1.165, 1.54) is 38.8 Å². The fourth-order valence-electron chi connectivity index (χ4n) is 2.44. The highest BCUT2D eigenvalue weighted by molar-refractivity contribution is 4.91. The summed E-state index contributed by atoms with van der Waals surface area (Å²) in [6.45, 7) is 9.64. The van der Waals surface area contributed by atoms with Crippen LogP contribution in [0, 0.1) is 0 Å². The first-order valence-electron chi connectivity index (χ1n) is 7.59. The van der Waals surface area contributed by atoms with Crippen molar-refractivity contribution in [2.24, 2.45) is 0 Å². The lowest BCUT2D eigenvalue weighted by Crippen LogP contribution is -2.28. The SMILES string of the molecule is CC(C)NCc1cn(CCN2CCCCCC2)nn1. The molecule has 2 heterocycles. The first kappa shape index (κ1) is 14.5. The Bertz CT molecular complexity index is 352. The summed E-state index contributed by atoms with van der Waals surface area (Å²) in [6.07, 6.45) is 7.55. The van der Waals surface area contributed by atoms with Crippen LogP contribution >= 0.6 is 0 Å². The van der Waals surface area contributed by atoms with E-state index in [0.29, 0.717) is 6.04 Å². The lowest BCUT2D eigenvalue weighted by molar-refractivity contribution is 0.267. The molecule has 5 nitrogen and oxygen atoms in total. The van der Waals surface area contributed by atoms with E-state index in [9.17, 15) is 0 Å². The molecule has 5 heteroatoms. The van der Waals surface area contributed by atoms with Gasteiger partial charge in [-0.05, 0) is 25.9 Å². The first-order valence-corrected chi connectivity index (χ1v) is 7.59. The Morgan fingerprint density at radius 1 is 1.16 bits per heavy atom. The van der Waals surface area contributed by atoms with Gasteiger partial charge in [0.05, 0.1) is 12.2 Å². The van der Waals surface area contributed by atoms with Crippen molar-refractivity contribution < 1.29 is 0 Å². The van der Waals surface area contributed by atoms with Gasteiger partial charge in [-0.1, -0.05) is 31.9 Å². The predicted molar refractivity (Wildman–Crippen MR) is 76.9 cm³/mol. The number of hydrogen-bond acceptors (Lipinski definition) is 4. The molecule has 19 heavy (non-hydrogen) atoms. The summed E-state index contributed by atoms with van der Waals surface area (Å²) in [6, 6.07) is 0.488. The van der Waals surface area contributed by atoms with Crippen molar-refractivity contribution in [2.75, 3.05) is 19.6 Å². The molecule has 1 aliphatic rings. The molecular weight excluding hydrogens is 238 g/mol. The molecule has 2 rings (SSSR count). The van der Waals surface area contributed by atoms with Crippen molar-refractivity contribution in [2.45, 2.75) is 58.7 Å². The van der Waals surface area contributed by atoms with Gasteiger partial charge in [0.25, 0.3) is 0 Å². The molecule has 0 radical (unpaired) electrons. The molecule has 0 spiro atoms. The van der Waals surface area contributed by atoms with E-state index >= 15 is 0 Å². The molecule has 0 aromatic carbocycles. The van der Waals surface area contributed by atoms with Gasteiger partial charge in [-0.3, -0.25) is 4.68 Å². The minimum absolute atomic E-state index is 0.488. The molecule has 1 saturated heterocycles. The van der Waals surface area contributed by atoms with Gasteiger partial charge in [-0.2, -0.15) is 0 Å². The van der Waals surface area contributed by atoms with E-state index in [1.807, 2.05) is 4.68 Å². The first-order chi connectivity index (χ1) is 9.24. The Labute approximate surface area is 116 Å². The maximum atomic E-state index is 4.20. The van der Waals surface area contributed by atoms with Crippen molar-refractivity contribution in [1.29, 1.82) is 0 Å². The highest BCUT2D eigenvalue weighted by Gasteiger charge is 2.09. The summed E-state index contributed by atoms with van der Waals surface area (Å²) >= 11 is 0. The predicted octanol–water partition coefficient (Wildman–Crippen LogP) is 1.65. The van der Waals surface area contributed by atoms with Crippen LogP contribution in [0.2, 0.25) is 0 Å². The average Bonchev–Trinajstić information content (AvgIpc) is 2.68. The monoisotopic (exact) mass is 265 g/mol. The van der Waals surface area contributed by atoms with Crippen LogP contribution in [0.4, 0.5) is 0 Å². The van der Waals surface area contributed by atoms with Crippen LogP contribution in [0.5, 0.6) is 0 Å². The Morgan fingerprint density at radius 3 is 2.58 bits per heavy atom. The van der Waals surface area contributed by atoms with Gasteiger partial charge in [0.15, 0.2) is 0 Å². The van der Waals surface area contributed by atoms with Gasteiger partial charge >= 0.3 is 0 Å². The van der Waals surface area contributed by atoms with E-state index in [2.05, 4.69) is 40.6 Å². The van der Waals surface area contributed by atoms with Crippen molar-refractivity contribution in [3.63, 3.8) is 0 Å². The fourth-order valence-corrected chi connectivity index (χ4v) is 2.44. The van der Waals surface area contributed by atoms with Crippen molar-refractivity contribution in [3.05, 3.63) is 11.9 Å². The number of rotatable bonds is 6. The Hall–Kier alpha value is -0.940. The highest BCUT2D eigenvalue weighted by Crippen LogP contribution is 2.09. The van der Waals surface area contributed by atoms with Gasteiger partial charge in [0.2, 0.25) is 0 Å². The second-order valence-electron chi connectivity index (χ2n) is 5.76. The van der Waals surface area contributed by atoms with Gasteiger partial charge < -0.3 is 10.2 Å². The third-order valence-electron chi connectivity index (χ3n) is 3.62. The Balaban J connectivity index is 1.73. The normalized spacial score (nSPS) is 17.8. The summed E-state index contributed by atoms with van der Waals surface area (Å²) in [7, 11) is 0. The molecule has 0 atom stereocenters. The maximum absolute atomic E-state index is 4.20. The quantitative estimate of drug-likeness (QED) is 0.849. The maximum Gasteiger partial charge on any atom is 0.0964 e. The third kappa shape index (κ3) is 5.28. The molecular formula is C14H27N5. The largest absolute Gasteiger partial charge is 0.309 e. The van der Waals surface area contributed by atoms with Gasteiger partial charge in [0.1, 0.15) is 0 Å². The van der Waals surface area contributed by atoms with E-state index in [-0.39, 0.29) is 0 Å². The third-order valence-corrected chi connectivity index (χ3v) is 3.62. The number of aromatic nitrogens is 3. The van der Waals surface area contributed by atoms with Gasteiger partial charge in [-0.25, -0.2) is 0 Å². The van der Waals surface area contributed by atoms with Gasteiger partial charge in [0, 0.05) is 25.3 Å². The molecule has 108 valence electrons. The van der Waals surface area contributed by atoms with E-state index < -0.39 is 0 Å². The Kier molecular flexibility index (Phi) is 5.79. The molecule has 0 unspecified atom stereocenters. The average molecular weight is 265 g/mol. The minimum Gasteiger partial charge on any atom is -0.309 e. The summed E-state index contributed by atoms with van der Waals surface area (Å²) < 4.78 is 1.97. The molecule has 0 amide bonds. The van der Waals surface area contributed by atoms with Crippen LogP contribution in [-0.2, 0) is 13.1 Å².